The fourth-order valence-corrected chi connectivity index (χ4v) is 4.24. The van der Waals surface area contributed by atoms with Crippen molar-refractivity contribution in [3.63, 3.8) is 0 Å². The van der Waals surface area contributed by atoms with Gasteiger partial charge in [0.1, 0.15) is 4.60 Å². The number of nitrogens with one attached hydrogen (secondary N) is 2. The number of aromatic nitrogens is 2. The van der Waals surface area contributed by atoms with E-state index in [0.29, 0.717) is 6.42 Å². The van der Waals surface area contributed by atoms with Crippen molar-refractivity contribution in [1.82, 2.24) is 10.2 Å². The van der Waals surface area contributed by atoms with Crippen LogP contribution >= 0.6 is 15.9 Å². The Bertz CT molecular complexity index is 820. The molecule has 0 amide bonds. The number of Topliss-reactive ketones (excluding diaryl/α,β-unsaturated/α-hetero) is 1. The molecule has 4 rings (SSSR count). The van der Waals surface area contributed by atoms with Gasteiger partial charge in [0.15, 0.2) is 11.6 Å². The molecule has 1 aromatic heterocycles. The first-order valence-electron chi connectivity index (χ1n) is 7.78. The fourth-order valence-electron chi connectivity index (χ4n) is 3.74. The van der Waals surface area contributed by atoms with Crippen LogP contribution in [0, 0.1) is 5.41 Å². The van der Waals surface area contributed by atoms with Gasteiger partial charge in [-0.2, -0.15) is 5.10 Å². The van der Waals surface area contributed by atoms with Crippen molar-refractivity contribution in [3.8, 4) is 0 Å². The van der Waals surface area contributed by atoms with Crippen molar-refractivity contribution >= 4 is 27.5 Å². The van der Waals surface area contributed by atoms with Crippen molar-refractivity contribution in [1.29, 1.82) is 0 Å². The van der Waals surface area contributed by atoms with Crippen molar-refractivity contribution in [2.45, 2.75) is 32.6 Å². The Morgan fingerprint density at radius 2 is 1.96 bits per heavy atom. The van der Waals surface area contributed by atoms with Crippen molar-refractivity contribution in [3.05, 3.63) is 57.3 Å². The summed E-state index contributed by atoms with van der Waals surface area (Å²) in [6.07, 6.45) is 1.45. The summed E-state index contributed by atoms with van der Waals surface area (Å²) in [5.41, 5.74) is 4.03. The molecule has 118 valence electrons. The molecule has 2 heterocycles. The fraction of sp³-hybridized carbons (Fsp3) is 0.333. The van der Waals surface area contributed by atoms with Gasteiger partial charge in [-0.25, -0.2) is 0 Å². The molecule has 5 heteroatoms. The number of hydrogen-bond acceptors (Lipinski definition) is 3. The van der Waals surface area contributed by atoms with E-state index >= 15 is 0 Å². The maximum Gasteiger partial charge on any atom is 0.162 e. The van der Waals surface area contributed by atoms with Crippen LogP contribution < -0.4 is 5.32 Å². The number of benzene rings is 1. The standard InChI is InChI=1S/C18H18BrN3O/c1-18(2)8-11-14(12(23)9-18)13(10-6-4-3-5-7-10)15-16(19)21-22-17(15)20-11/h3-7,13H,8-9H2,1-2H3,(H2,20,21,22). The molecule has 2 aromatic rings. The highest BCUT2D eigenvalue weighted by molar-refractivity contribution is 9.10. The Labute approximate surface area is 143 Å². The maximum atomic E-state index is 12.9. The molecule has 0 saturated heterocycles. The quantitative estimate of drug-likeness (QED) is 0.782. The van der Waals surface area contributed by atoms with E-state index in [1.54, 1.807) is 0 Å². The number of ketones is 1. The van der Waals surface area contributed by atoms with Gasteiger partial charge in [-0.05, 0) is 33.3 Å². The Morgan fingerprint density at radius 1 is 1.22 bits per heavy atom. The van der Waals surface area contributed by atoms with Crippen molar-refractivity contribution in [2.24, 2.45) is 5.41 Å². The lowest BCUT2D eigenvalue weighted by Gasteiger charge is -2.38. The van der Waals surface area contributed by atoms with Crippen LogP contribution in [0.2, 0.25) is 0 Å². The number of allylic oxidation sites excluding steroid dienone is 2. The Kier molecular flexibility index (Phi) is 3.23. The summed E-state index contributed by atoms with van der Waals surface area (Å²) in [4.78, 5) is 12.9. The number of hydrogen-bond donors (Lipinski definition) is 2. The van der Waals surface area contributed by atoms with E-state index in [9.17, 15) is 4.79 Å². The van der Waals surface area contributed by atoms with Gasteiger partial charge in [-0.15, -0.1) is 0 Å². The monoisotopic (exact) mass is 371 g/mol. The predicted octanol–water partition coefficient (Wildman–Crippen LogP) is 4.37. The van der Waals surface area contributed by atoms with Crippen LogP contribution in [0.15, 0.2) is 46.2 Å². The number of anilines is 1. The van der Waals surface area contributed by atoms with Crippen LogP contribution in [0.3, 0.4) is 0 Å². The zero-order valence-electron chi connectivity index (χ0n) is 13.1. The van der Waals surface area contributed by atoms with Crippen LogP contribution in [0.1, 0.15) is 43.7 Å². The third-order valence-electron chi connectivity index (χ3n) is 4.66. The summed E-state index contributed by atoms with van der Waals surface area (Å²) in [6.45, 7) is 4.29. The lowest BCUT2D eigenvalue weighted by atomic mass is 9.69. The molecule has 0 saturated carbocycles. The third kappa shape index (κ3) is 2.34. The average molecular weight is 372 g/mol. The van der Waals surface area contributed by atoms with Gasteiger partial charge in [0, 0.05) is 29.2 Å². The molecule has 1 aliphatic heterocycles. The number of carbonyl (C=O) groups excluding carboxylic acids is 1. The highest BCUT2D eigenvalue weighted by atomic mass is 79.9. The van der Waals surface area contributed by atoms with Crippen LogP contribution in [-0.4, -0.2) is 16.0 Å². The van der Waals surface area contributed by atoms with E-state index in [0.717, 1.165) is 39.2 Å². The van der Waals surface area contributed by atoms with Crippen LogP contribution in [0.4, 0.5) is 5.82 Å². The Hall–Kier alpha value is -1.88. The molecule has 1 aromatic carbocycles. The number of aromatic amines is 1. The van der Waals surface area contributed by atoms with E-state index in [-0.39, 0.29) is 17.1 Å². The average Bonchev–Trinajstić information content (AvgIpc) is 2.86. The van der Waals surface area contributed by atoms with Gasteiger partial charge in [0.25, 0.3) is 0 Å². The summed E-state index contributed by atoms with van der Waals surface area (Å²) in [5.74, 6) is 0.977. The van der Waals surface area contributed by atoms with Gasteiger partial charge in [-0.3, -0.25) is 9.89 Å². The highest BCUT2D eigenvalue weighted by Crippen LogP contribution is 2.50. The molecule has 0 bridgehead atoms. The zero-order chi connectivity index (χ0) is 16.2. The number of carbonyl (C=O) groups is 1. The summed E-state index contributed by atoms with van der Waals surface area (Å²) in [6, 6.07) is 10.2. The van der Waals surface area contributed by atoms with E-state index in [1.807, 2.05) is 18.2 Å². The summed E-state index contributed by atoms with van der Waals surface area (Å²) in [5, 5.41) is 10.7. The molecular weight excluding hydrogens is 354 g/mol. The smallest absolute Gasteiger partial charge is 0.162 e. The molecule has 2 aliphatic rings. The second kappa shape index (κ2) is 5.06. The first-order valence-corrected chi connectivity index (χ1v) is 8.57. The molecule has 0 radical (unpaired) electrons. The number of fused-ring (bicyclic) bond motifs is 1. The molecule has 0 fully saturated rings. The number of H-pyrrole nitrogens is 1. The molecule has 0 spiro atoms. The molecule has 1 atom stereocenters. The summed E-state index contributed by atoms with van der Waals surface area (Å²) in [7, 11) is 0. The van der Waals surface area contributed by atoms with Gasteiger partial charge in [0.05, 0.1) is 0 Å². The minimum atomic E-state index is -0.0702. The van der Waals surface area contributed by atoms with Crippen molar-refractivity contribution < 1.29 is 4.79 Å². The number of halogens is 1. The molecular formula is C18H18BrN3O. The van der Waals surface area contributed by atoms with E-state index in [1.165, 1.54) is 0 Å². The van der Waals surface area contributed by atoms with Gasteiger partial charge < -0.3 is 5.32 Å². The SMILES string of the molecule is CC1(C)CC(=O)C2=C(C1)Nc1n[nH]c(Br)c1C2c1ccccc1. The molecule has 1 aliphatic carbocycles. The Balaban J connectivity index is 1.94. The van der Waals surface area contributed by atoms with E-state index in [4.69, 9.17) is 0 Å². The molecule has 1 unspecified atom stereocenters. The first kappa shape index (κ1) is 14.7. The topological polar surface area (TPSA) is 57.8 Å². The minimum absolute atomic E-state index is 0.0187. The van der Waals surface area contributed by atoms with Crippen LogP contribution in [0.25, 0.3) is 0 Å². The summed E-state index contributed by atoms with van der Waals surface area (Å²) >= 11 is 3.56. The second-order valence-corrected chi connectivity index (χ2v) is 7.89. The zero-order valence-corrected chi connectivity index (χ0v) is 14.7. The van der Waals surface area contributed by atoms with Gasteiger partial charge in [-0.1, -0.05) is 44.2 Å². The second-order valence-electron chi connectivity index (χ2n) is 7.10. The number of rotatable bonds is 1. The highest BCUT2D eigenvalue weighted by Gasteiger charge is 2.42. The normalized spacial score (nSPS) is 22.4. The lowest BCUT2D eigenvalue weighted by Crippen LogP contribution is -2.33. The minimum Gasteiger partial charge on any atom is -0.342 e. The molecule has 23 heavy (non-hydrogen) atoms. The van der Waals surface area contributed by atoms with Gasteiger partial charge >= 0.3 is 0 Å². The van der Waals surface area contributed by atoms with E-state index in [2.05, 4.69) is 57.4 Å². The largest absolute Gasteiger partial charge is 0.342 e. The third-order valence-corrected chi connectivity index (χ3v) is 5.26. The maximum absolute atomic E-state index is 12.9. The van der Waals surface area contributed by atoms with Gasteiger partial charge in [0.2, 0.25) is 0 Å². The molecule has 2 N–H and O–H groups in total. The summed E-state index contributed by atoms with van der Waals surface area (Å²) < 4.78 is 0.832. The van der Waals surface area contributed by atoms with Crippen LogP contribution in [-0.2, 0) is 4.79 Å². The lowest BCUT2D eigenvalue weighted by molar-refractivity contribution is -0.118. The van der Waals surface area contributed by atoms with Crippen molar-refractivity contribution in [2.75, 3.05) is 5.32 Å². The van der Waals surface area contributed by atoms with Crippen LogP contribution in [0.5, 0.6) is 0 Å². The predicted molar refractivity (Wildman–Crippen MR) is 93.2 cm³/mol. The van der Waals surface area contributed by atoms with E-state index < -0.39 is 0 Å². The Morgan fingerprint density at radius 3 is 2.70 bits per heavy atom. The number of nitrogens with zero attached hydrogens (tertiary/aromatic N) is 1. The molecule has 4 nitrogen and oxygen atoms in total. The first-order chi connectivity index (χ1) is 11.0.